The molecular weight excluding hydrogens is 1180 g/mol. The maximum atomic E-state index is 11.3. The third-order valence-electron chi connectivity index (χ3n) is 12.9. The van der Waals surface area contributed by atoms with Gasteiger partial charge in [-0.25, -0.2) is 63.2 Å². The van der Waals surface area contributed by atoms with Crippen molar-refractivity contribution in [1.82, 2.24) is 117 Å². The number of methoxy groups -OCH3 is 1. The van der Waals surface area contributed by atoms with E-state index in [1.54, 1.807) is 63.8 Å². The lowest BCUT2D eigenvalue weighted by Gasteiger charge is -2.19. The number of imidazole rings is 5. The molecule has 0 aliphatic heterocycles. The van der Waals surface area contributed by atoms with E-state index in [9.17, 15) is 13.2 Å². The lowest BCUT2D eigenvalue weighted by Crippen LogP contribution is -2.39. The number of nitrogen functional groups attached to an aromatic ring is 2. The number of aromatic amines is 1. The van der Waals surface area contributed by atoms with Gasteiger partial charge >= 0.3 is 0 Å². The Balaban J connectivity index is 0.000000153. The van der Waals surface area contributed by atoms with Crippen molar-refractivity contribution in [3.63, 3.8) is 0 Å². The molecule has 0 unspecified atom stereocenters. The predicted octanol–water partition coefficient (Wildman–Crippen LogP) is 7.54. The number of nitrogens with one attached hydrogen (secondary N) is 2. The fraction of sp³-hybridized carbons (Fsp3) is 0.436. The second kappa shape index (κ2) is 29.4. The quantitative estimate of drug-likeness (QED) is 0.0492. The normalized spacial score (nSPS) is 11.5. The van der Waals surface area contributed by atoms with Crippen molar-refractivity contribution in [2.75, 3.05) is 49.8 Å². The third kappa shape index (κ3) is 16.0. The van der Waals surface area contributed by atoms with Crippen molar-refractivity contribution in [2.24, 2.45) is 0 Å². The van der Waals surface area contributed by atoms with Crippen molar-refractivity contribution in [2.45, 2.75) is 131 Å². The van der Waals surface area contributed by atoms with Crippen LogP contribution in [0.1, 0.15) is 126 Å². The average Bonchev–Trinajstić information content (AvgIpc) is 2.10. The number of rotatable bonds is 13. The number of anilines is 3. The lowest BCUT2D eigenvalue weighted by atomic mass is 10.3. The van der Waals surface area contributed by atoms with Crippen LogP contribution in [-0.4, -0.2) is 154 Å². The highest BCUT2D eigenvalue weighted by molar-refractivity contribution is 7.98. The fourth-order valence-electron chi connectivity index (χ4n) is 8.62. The van der Waals surface area contributed by atoms with Crippen LogP contribution >= 0.6 is 11.8 Å². The molecule has 12 heterocycles. The topological polar surface area (TPSA) is 389 Å². The molecule has 34 heteroatoms. The van der Waals surface area contributed by atoms with E-state index in [0.29, 0.717) is 70.7 Å². The van der Waals surface area contributed by atoms with Crippen molar-refractivity contribution in [3.05, 3.63) is 85.8 Å². The average molecular weight is 1260 g/mol. The maximum absolute atomic E-state index is 11.3. The Kier molecular flexibility index (Phi) is 22.1. The molecule has 6 N–H and O–H groups in total. The molecular formula is C55H77N27O5S2. The number of hydrogen-bond acceptors (Lipinski definition) is 25. The molecule has 0 saturated heterocycles. The van der Waals surface area contributed by atoms with Crippen LogP contribution in [-0.2, 0) is 10.0 Å². The SMILES string of the molecule is CC(C)n1ccc2c(N(C)NS(C)(=O)=O)nc(N)nc21.CC(C)n1cnc2c(=O)[nH]cnc21.CC(C)n1cnc2cnc(N)nc21.CCOc1ncnc2c1ncn2C(C)C.COc1ncnc2c1ncn2C(C)C.CSc1ncnc2c1ncn2C(C)C. The zero-order valence-corrected chi connectivity index (χ0v) is 54.5. The van der Waals surface area contributed by atoms with E-state index < -0.39 is 10.0 Å². The van der Waals surface area contributed by atoms with E-state index in [1.807, 2.05) is 82.3 Å². The summed E-state index contributed by atoms with van der Waals surface area (Å²) in [5.41, 5.74) is 19.2. The van der Waals surface area contributed by atoms with Gasteiger partial charge in [0.25, 0.3) is 5.56 Å². The van der Waals surface area contributed by atoms with Crippen LogP contribution < -0.4 is 36.3 Å². The molecule has 0 radical (unpaired) electrons. The maximum Gasteiger partial charge on any atom is 0.278 e. The van der Waals surface area contributed by atoms with Crippen molar-refractivity contribution >= 4 is 106 Å². The first-order valence-electron chi connectivity index (χ1n) is 28.2. The first-order chi connectivity index (χ1) is 42.3. The lowest BCUT2D eigenvalue weighted by molar-refractivity contribution is 0.330. The number of aromatic nitrogens is 23. The molecule has 0 saturated carbocycles. The van der Waals surface area contributed by atoms with Crippen molar-refractivity contribution < 1.29 is 17.9 Å². The number of sulfonamides is 1. The first kappa shape index (κ1) is 66.9. The number of thioether (sulfide) groups is 1. The molecule has 0 spiro atoms. The van der Waals surface area contributed by atoms with Gasteiger partial charge in [-0.3, -0.25) is 9.80 Å². The van der Waals surface area contributed by atoms with Gasteiger partial charge in [0.1, 0.15) is 40.7 Å². The Morgan fingerprint density at radius 2 is 1.03 bits per heavy atom. The molecule has 12 rings (SSSR count). The number of fused-ring (bicyclic) bond motifs is 6. The van der Waals surface area contributed by atoms with Gasteiger partial charge in [-0.2, -0.15) is 24.9 Å². The Bertz CT molecular complexity index is 4380. The van der Waals surface area contributed by atoms with Gasteiger partial charge in [0.2, 0.25) is 33.7 Å². The second-order valence-electron chi connectivity index (χ2n) is 21.3. The highest BCUT2D eigenvalue weighted by atomic mass is 32.2. The van der Waals surface area contributed by atoms with Crippen LogP contribution in [0.2, 0.25) is 0 Å². The molecule has 0 aliphatic rings. The Morgan fingerprint density at radius 3 is 1.55 bits per heavy atom. The van der Waals surface area contributed by atoms with Gasteiger partial charge in [-0.1, -0.05) is 0 Å². The summed E-state index contributed by atoms with van der Waals surface area (Å²) in [6, 6.07) is 3.69. The van der Waals surface area contributed by atoms with Gasteiger partial charge in [-0.15, -0.1) is 16.6 Å². The van der Waals surface area contributed by atoms with E-state index >= 15 is 0 Å². The van der Waals surface area contributed by atoms with Crippen LogP contribution in [0.15, 0.2) is 85.2 Å². The number of ether oxygens (including phenoxy) is 2. The molecule has 0 amide bonds. The second-order valence-corrected chi connectivity index (χ2v) is 23.9. The summed E-state index contributed by atoms with van der Waals surface area (Å²) in [6.45, 7) is 27.3. The van der Waals surface area contributed by atoms with Crippen LogP contribution in [0.25, 0.3) is 66.9 Å². The van der Waals surface area contributed by atoms with E-state index in [2.05, 4.69) is 150 Å². The van der Waals surface area contributed by atoms with Gasteiger partial charge in [0, 0.05) is 49.5 Å². The van der Waals surface area contributed by atoms with E-state index in [0.717, 1.165) is 55.8 Å². The number of hydrazine groups is 1. The summed E-state index contributed by atoms with van der Waals surface area (Å²) < 4.78 is 44.9. The van der Waals surface area contributed by atoms with Crippen LogP contribution in [0.5, 0.6) is 11.8 Å². The molecule has 89 heavy (non-hydrogen) atoms. The Hall–Kier alpha value is -9.57. The van der Waals surface area contributed by atoms with E-state index in [4.69, 9.17) is 20.9 Å². The highest BCUT2D eigenvalue weighted by Crippen LogP contribution is 2.28. The molecule has 0 atom stereocenters. The van der Waals surface area contributed by atoms with Crippen LogP contribution in [0.3, 0.4) is 0 Å². The molecule has 0 fully saturated rings. The minimum Gasteiger partial charge on any atom is -0.479 e. The van der Waals surface area contributed by atoms with Crippen molar-refractivity contribution in [3.8, 4) is 11.8 Å². The van der Waals surface area contributed by atoms with Gasteiger partial charge < -0.3 is 53.3 Å². The smallest absolute Gasteiger partial charge is 0.278 e. The van der Waals surface area contributed by atoms with Crippen molar-refractivity contribution in [1.29, 1.82) is 0 Å². The van der Waals surface area contributed by atoms with E-state index in [-0.39, 0.29) is 29.5 Å². The zero-order valence-electron chi connectivity index (χ0n) is 52.9. The first-order valence-corrected chi connectivity index (χ1v) is 31.3. The molecule has 0 aromatic carbocycles. The highest BCUT2D eigenvalue weighted by Gasteiger charge is 2.19. The van der Waals surface area contributed by atoms with Gasteiger partial charge in [0.05, 0.1) is 69.5 Å². The summed E-state index contributed by atoms with van der Waals surface area (Å²) in [4.78, 5) is 82.3. The standard InChI is InChI=1S/C11H18N6O2S.C10H14N4O.C9H12N4O.C9H12N4S.C8H11N5.C8H10N4O/c1-7(2)17-6-5-8-9(13-11(12)14-10(8)17)16(3)15-20(4,18)19;1-4-15-10-8-9(11-5-12-10)14(6-13-8)7(2)3;2*1-6(2)13-5-12-7-8(13)10-4-11-9(7)14-3;1-5(2)13-4-11-6-3-10-8(9)12-7(6)13;1-5(2)12-4-11-6-7(12)9-3-10-8(6)13/h5-7,15H,1-4H3,(H2,12,13,14);5-7H,4H2,1-3H3;2*4-6H,1-3H3;3-5H,1-2H3,(H2,9,10,12);3-5H,1-2H3,(H,9,10,13). The largest absolute Gasteiger partial charge is 0.479 e. The summed E-state index contributed by atoms with van der Waals surface area (Å²) in [6.07, 6.45) is 21.3. The molecule has 0 aliphatic carbocycles. The Morgan fingerprint density at radius 1 is 0.573 bits per heavy atom. The summed E-state index contributed by atoms with van der Waals surface area (Å²) in [7, 11) is -0.251. The summed E-state index contributed by atoms with van der Waals surface area (Å²) in [5, 5.41) is 2.99. The van der Waals surface area contributed by atoms with Gasteiger partial charge in [-0.05, 0) is 102 Å². The fourth-order valence-corrected chi connectivity index (χ4v) is 9.70. The van der Waals surface area contributed by atoms with Crippen LogP contribution in [0.4, 0.5) is 17.7 Å². The number of hydrogen-bond donors (Lipinski definition) is 4. The molecule has 474 valence electrons. The summed E-state index contributed by atoms with van der Waals surface area (Å²) in [5.74, 6) is 1.87. The molecule has 12 aromatic heterocycles. The zero-order chi connectivity index (χ0) is 65.0. The number of H-pyrrole nitrogens is 1. The minimum atomic E-state index is -3.39. The molecule has 0 bridgehead atoms. The molecule has 32 nitrogen and oxygen atoms in total. The third-order valence-corrected chi connectivity index (χ3v) is 14.2. The molecule has 12 aromatic rings. The van der Waals surface area contributed by atoms with Gasteiger partial charge in [0.15, 0.2) is 50.6 Å². The minimum absolute atomic E-state index is 0.0928. The van der Waals surface area contributed by atoms with E-state index in [1.165, 1.54) is 24.0 Å². The Labute approximate surface area is 517 Å². The predicted molar refractivity (Wildman–Crippen MR) is 344 cm³/mol. The monoisotopic (exact) mass is 1260 g/mol. The number of nitrogens with zero attached hydrogens (tertiary/aromatic N) is 23. The van der Waals surface area contributed by atoms with Crippen LogP contribution in [0, 0.1) is 0 Å². The summed E-state index contributed by atoms with van der Waals surface area (Å²) >= 11 is 1.60. The number of nitrogens with two attached hydrogens (primary N) is 2.